The van der Waals surface area contributed by atoms with Crippen molar-refractivity contribution in [1.29, 1.82) is 0 Å². The summed E-state index contributed by atoms with van der Waals surface area (Å²) in [5.74, 6) is -6.81. The molecule has 0 saturated heterocycles. The van der Waals surface area contributed by atoms with Crippen LogP contribution in [-0.2, 0) is 14.4 Å². The molecule has 2 rings (SSSR count). The van der Waals surface area contributed by atoms with Gasteiger partial charge >= 0.3 is 11.9 Å². The van der Waals surface area contributed by atoms with E-state index in [4.69, 9.17) is 10.2 Å². The smallest absolute Gasteiger partial charge is 0.318 e. The first kappa shape index (κ1) is 15.2. The normalized spacial score (nSPS) is 22.3. The summed E-state index contributed by atoms with van der Waals surface area (Å²) in [5, 5.41) is 18.3. The maximum absolute atomic E-state index is 13.0. The molecule has 1 aromatic rings. The van der Waals surface area contributed by atoms with Crippen LogP contribution in [0.3, 0.4) is 0 Å². The Hall–Kier alpha value is -2.24. The van der Waals surface area contributed by atoms with Crippen LogP contribution in [-0.4, -0.2) is 27.9 Å². The van der Waals surface area contributed by atoms with Gasteiger partial charge in [-0.3, -0.25) is 14.4 Å². The minimum absolute atomic E-state index is 0.189. The van der Waals surface area contributed by atoms with E-state index in [-0.39, 0.29) is 12.2 Å². The van der Waals surface area contributed by atoms with Crippen LogP contribution >= 0.6 is 0 Å². The Bertz CT molecular complexity index is 552. The molecule has 0 amide bonds. The van der Waals surface area contributed by atoms with Gasteiger partial charge in [-0.05, 0) is 36.5 Å². The Labute approximate surface area is 120 Å². The fourth-order valence-corrected chi connectivity index (χ4v) is 3.01. The molecule has 0 heterocycles. The quantitative estimate of drug-likeness (QED) is 0.829. The highest BCUT2D eigenvalue weighted by atomic mass is 19.1. The van der Waals surface area contributed by atoms with Gasteiger partial charge in [0.25, 0.3) is 0 Å². The third-order valence-electron chi connectivity index (χ3n) is 3.93. The summed E-state index contributed by atoms with van der Waals surface area (Å²) in [4.78, 5) is 34.6. The predicted octanol–water partition coefficient (Wildman–Crippen LogP) is 2.06. The highest BCUT2D eigenvalue weighted by molar-refractivity contribution is 5.95. The van der Waals surface area contributed by atoms with Crippen molar-refractivity contribution in [3.63, 3.8) is 0 Å². The van der Waals surface area contributed by atoms with Gasteiger partial charge < -0.3 is 10.2 Å². The summed E-state index contributed by atoms with van der Waals surface area (Å²) < 4.78 is 13.0. The van der Waals surface area contributed by atoms with Crippen LogP contribution in [0.1, 0.15) is 30.7 Å². The summed E-state index contributed by atoms with van der Waals surface area (Å²) in [7, 11) is 0. The number of ketones is 1. The standard InChI is InChI=1S/C15H15FO5/c16-9-6-4-8(5-7-9)12-10(2-1-3-11(12)17)13(14(18)19)15(20)21/h4-7,10,12-13H,1-3H2,(H,18,19)(H,20,21)/t10-,12+/m1/s1. The first-order valence-electron chi connectivity index (χ1n) is 6.65. The molecule has 0 radical (unpaired) electrons. The number of carboxylic acid groups (broad SMARTS) is 2. The molecule has 0 unspecified atom stereocenters. The number of hydrogen-bond donors (Lipinski definition) is 2. The summed E-state index contributed by atoms with van der Waals surface area (Å²) in [6.07, 6.45) is 1.10. The third-order valence-corrected chi connectivity index (χ3v) is 3.93. The Kier molecular flexibility index (Phi) is 4.35. The van der Waals surface area contributed by atoms with Crippen molar-refractivity contribution in [2.24, 2.45) is 11.8 Å². The van der Waals surface area contributed by atoms with E-state index in [9.17, 15) is 18.8 Å². The molecule has 1 saturated carbocycles. The van der Waals surface area contributed by atoms with Gasteiger partial charge in [0.2, 0.25) is 0 Å². The third kappa shape index (κ3) is 3.09. The van der Waals surface area contributed by atoms with Crippen LogP contribution in [0.2, 0.25) is 0 Å². The molecule has 6 heteroatoms. The highest BCUT2D eigenvalue weighted by Crippen LogP contribution is 2.40. The van der Waals surface area contributed by atoms with Crippen molar-refractivity contribution >= 4 is 17.7 Å². The zero-order chi connectivity index (χ0) is 15.6. The minimum atomic E-state index is -1.63. The fourth-order valence-electron chi connectivity index (χ4n) is 3.01. The van der Waals surface area contributed by atoms with E-state index in [1.807, 2.05) is 0 Å². The molecule has 5 nitrogen and oxygen atoms in total. The lowest BCUT2D eigenvalue weighted by Gasteiger charge is -2.32. The van der Waals surface area contributed by atoms with Crippen LogP contribution in [0.4, 0.5) is 4.39 Å². The summed E-state index contributed by atoms with van der Waals surface area (Å²) in [6, 6.07) is 5.20. The van der Waals surface area contributed by atoms with Gasteiger partial charge in [-0.1, -0.05) is 12.1 Å². The number of aliphatic carboxylic acids is 2. The van der Waals surface area contributed by atoms with Crippen molar-refractivity contribution in [2.45, 2.75) is 25.2 Å². The van der Waals surface area contributed by atoms with Crippen molar-refractivity contribution in [3.05, 3.63) is 35.6 Å². The second-order valence-electron chi connectivity index (χ2n) is 5.21. The lowest BCUT2D eigenvalue weighted by molar-refractivity contribution is -0.158. The number of halogens is 1. The molecule has 0 aliphatic heterocycles. The van der Waals surface area contributed by atoms with Gasteiger partial charge in [-0.15, -0.1) is 0 Å². The number of hydrogen-bond acceptors (Lipinski definition) is 3. The first-order chi connectivity index (χ1) is 9.91. The summed E-state index contributed by atoms with van der Waals surface area (Å²) >= 11 is 0. The number of carboxylic acids is 2. The van der Waals surface area contributed by atoms with Crippen LogP contribution in [0.25, 0.3) is 0 Å². The lowest BCUT2D eigenvalue weighted by Crippen LogP contribution is -2.39. The van der Waals surface area contributed by atoms with Gasteiger partial charge in [0.15, 0.2) is 5.92 Å². The van der Waals surface area contributed by atoms with E-state index >= 15 is 0 Å². The number of rotatable bonds is 4. The summed E-state index contributed by atoms with van der Waals surface area (Å²) in [6.45, 7) is 0. The van der Waals surface area contributed by atoms with Gasteiger partial charge in [-0.25, -0.2) is 4.39 Å². The molecule has 1 aromatic carbocycles. The SMILES string of the molecule is O=C(O)C(C(=O)O)[C@@H]1CCCC(=O)[C@H]1c1ccc(F)cc1. The second kappa shape index (κ2) is 6.03. The molecule has 112 valence electrons. The van der Waals surface area contributed by atoms with E-state index in [0.717, 1.165) is 0 Å². The Morgan fingerprint density at radius 3 is 2.24 bits per heavy atom. The van der Waals surface area contributed by atoms with Gasteiger partial charge in [0, 0.05) is 12.3 Å². The molecule has 1 fully saturated rings. The van der Waals surface area contributed by atoms with Crippen molar-refractivity contribution in [3.8, 4) is 0 Å². The monoisotopic (exact) mass is 294 g/mol. The molecular formula is C15H15FO5. The van der Waals surface area contributed by atoms with Gasteiger partial charge in [0.1, 0.15) is 11.6 Å². The molecule has 21 heavy (non-hydrogen) atoms. The van der Waals surface area contributed by atoms with Crippen LogP contribution in [0.5, 0.6) is 0 Å². The van der Waals surface area contributed by atoms with Crippen LogP contribution in [0.15, 0.2) is 24.3 Å². The largest absolute Gasteiger partial charge is 0.481 e. The van der Waals surface area contributed by atoms with E-state index in [0.29, 0.717) is 18.4 Å². The zero-order valence-corrected chi connectivity index (χ0v) is 11.2. The molecule has 0 spiro atoms. The molecule has 0 bridgehead atoms. The maximum Gasteiger partial charge on any atom is 0.318 e. The minimum Gasteiger partial charge on any atom is -0.481 e. The number of Topliss-reactive ketones (excluding diaryl/α,β-unsaturated/α-hetero) is 1. The maximum atomic E-state index is 13.0. The molecule has 1 aliphatic rings. The average molecular weight is 294 g/mol. The fraction of sp³-hybridized carbons (Fsp3) is 0.400. The molecule has 2 atom stereocenters. The van der Waals surface area contributed by atoms with E-state index in [1.165, 1.54) is 24.3 Å². The average Bonchev–Trinajstić information content (AvgIpc) is 2.40. The zero-order valence-electron chi connectivity index (χ0n) is 11.2. The number of carbonyl (C=O) groups excluding carboxylic acids is 1. The van der Waals surface area contributed by atoms with E-state index in [1.54, 1.807) is 0 Å². The Balaban J connectivity index is 2.41. The molecule has 0 aromatic heterocycles. The van der Waals surface area contributed by atoms with Gasteiger partial charge in [0.05, 0.1) is 0 Å². The predicted molar refractivity (Wildman–Crippen MR) is 70.3 cm³/mol. The molecule has 2 N–H and O–H groups in total. The van der Waals surface area contributed by atoms with E-state index < -0.39 is 35.5 Å². The number of carbonyl (C=O) groups is 3. The molecule has 1 aliphatic carbocycles. The lowest BCUT2D eigenvalue weighted by atomic mass is 9.69. The first-order valence-corrected chi connectivity index (χ1v) is 6.65. The Morgan fingerprint density at radius 1 is 1.14 bits per heavy atom. The second-order valence-corrected chi connectivity index (χ2v) is 5.21. The van der Waals surface area contributed by atoms with Crippen LogP contribution < -0.4 is 0 Å². The van der Waals surface area contributed by atoms with Crippen LogP contribution in [0, 0.1) is 17.7 Å². The van der Waals surface area contributed by atoms with Crippen molar-refractivity contribution in [1.82, 2.24) is 0 Å². The number of benzene rings is 1. The van der Waals surface area contributed by atoms with E-state index in [2.05, 4.69) is 0 Å². The van der Waals surface area contributed by atoms with Crippen molar-refractivity contribution < 1.29 is 29.0 Å². The highest BCUT2D eigenvalue weighted by Gasteiger charge is 2.44. The Morgan fingerprint density at radius 2 is 1.71 bits per heavy atom. The summed E-state index contributed by atoms with van der Waals surface area (Å²) in [5.41, 5.74) is 0.471. The van der Waals surface area contributed by atoms with Crippen molar-refractivity contribution in [2.75, 3.05) is 0 Å². The molecular weight excluding hydrogens is 279 g/mol. The topological polar surface area (TPSA) is 91.7 Å². The van der Waals surface area contributed by atoms with Gasteiger partial charge in [-0.2, -0.15) is 0 Å².